The lowest BCUT2D eigenvalue weighted by atomic mass is 10.1. The molecular weight excluding hydrogens is 306 g/mol. The van der Waals surface area contributed by atoms with Crippen molar-refractivity contribution < 1.29 is 24.2 Å². The van der Waals surface area contributed by atoms with E-state index < -0.39 is 36.2 Å². The first-order valence-electron chi connectivity index (χ1n) is 7.12. The Bertz CT molecular complexity index is 482. The van der Waals surface area contributed by atoms with Gasteiger partial charge in [0.05, 0.1) is 0 Å². The lowest BCUT2D eigenvalue weighted by Crippen LogP contribution is -2.51. The maximum Gasteiger partial charge on any atom is 0.417 e. The summed E-state index contributed by atoms with van der Waals surface area (Å²) in [5.74, 6) is -2.28. The molecule has 0 rings (SSSR count). The third-order valence-corrected chi connectivity index (χ3v) is 2.66. The van der Waals surface area contributed by atoms with Crippen molar-refractivity contribution in [2.45, 2.75) is 51.7 Å². The van der Waals surface area contributed by atoms with Crippen molar-refractivity contribution in [3.05, 3.63) is 10.4 Å². The minimum atomic E-state index is -1.40. The van der Waals surface area contributed by atoms with Crippen LogP contribution in [0.4, 0.5) is 4.79 Å². The number of carbonyl (C=O) groups is 3. The van der Waals surface area contributed by atoms with Gasteiger partial charge in [0.2, 0.25) is 5.91 Å². The van der Waals surface area contributed by atoms with Crippen LogP contribution >= 0.6 is 0 Å². The van der Waals surface area contributed by atoms with E-state index in [2.05, 4.69) is 10.0 Å². The molecule has 0 saturated heterocycles. The van der Waals surface area contributed by atoms with Crippen LogP contribution in [-0.2, 0) is 14.3 Å². The maximum absolute atomic E-state index is 12.2. The highest BCUT2D eigenvalue weighted by molar-refractivity contribution is 5.97. The summed E-state index contributed by atoms with van der Waals surface area (Å²) in [7, 11) is 0. The topological polar surface area (TPSA) is 159 Å². The molecule has 0 unspecified atom stereocenters. The zero-order chi connectivity index (χ0) is 18.0. The number of amides is 2. The maximum atomic E-state index is 12.2. The number of carboxylic acids is 1. The molecule has 0 bridgehead atoms. The summed E-state index contributed by atoms with van der Waals surface area (Å²) in [4.78, 5) is 38.7. The van der Waals surface area contributed by atoms with Gasteiger partial charge >= 0.3 is 12.1 Å². The lowest BCUT2D eigenvalue weighted by Gasteiger charge is -2.29. The molecule has 0 saturated carbocycles. The molecule has 0 aromatic carbocycles. The monoisotopic (exact) mass is 329 g/mol. The zero-order valence-electron chi connectivity index (χ0n) is 13.6. The van der Waals surface area contributed by atoms with Crippen LogP contribution in [0.2, 0.25) is 0 Å². The summed E-state index contributed by atoms with van der Waals surface area (Å²) in [6, 6.07) is -1.40. The summed E-state index contributed by atoms with van der Waals surface area (Å²) < 4.78 is 5.08. The van der Waals surface area contributed by atoms with Crippen molar-refractivity contribution in [1.29, 1.82) is 0 Å². The third-order valence-electron chi connectivity index (χ3n) is 2.66. The van der Waals surface area contributed by atoms with Crippen LogP contribution in [0.3, 0.4) is 0 Å². The number of ether oxygens (including phenoxy) is 1. The highest BCUT2D eigenvalue weighted by atomic mass is 16.6. The fourth-order valence-corrected chi connectivity index (χ4v) is 1.73. The second kappa shape index (κ2) is 9.65. The van der Waals surface area contributed by atoms with Crippen LogP contribution < -0.4 is 5.73 Å². The number of carbonyl (C=O) groups excluding carboxylic acids is 2. The Morgan fingerprint density at radius 1 is 1.35 bits per heavy atom. The molecule has 3 N–H and O–H groups in total. The normalized spacial score (nSPS) is 12.0. The number of hydrogen-bond donors (Lipinski definition) is 2. The number of aliphatic carboxylic acids is 1. The van der Waals surface area contributed by atoms with E-state index in [1.165, 1.54) is 0 Å². The van der Waals surface area contributed by atoms with Crippen molar-refractivity contribution >= 4 is 18.0 Å². The predicted octanol–water partition coefficient (Wildman–Crippen LogP) is 1.64. The van der Waals surface area contributed by atoms with Gasteiger partial charge in [-0.25, -0.2) is 14.5 Å². The molecule has 0 spiro atoms. The predicted molar refractivity (Wildman–Crippen MR) is 81.4 cm³/mol. The first kappa shape index (κ1) is 20.7. The number of azide groups is 1. The molecule has 1 atom stereocenters. The van der Waals surface area contributed by atoms with E-state index in [-0.39, 0.29) is 6.42 Å². The van der Waals surface area contributed by atoms with Crippen LogP contribution in [0, 0.1) is 0 Å². The van der Waals surface area contributed by atoms with Gasteiger partial charge in [0, 0.05) is 4.91 Å². The first-order valence-corrected chi connectivity index (χ1v) is 7.12. The molecule has 0 aromatic heterocycles. The van der Waals surface area contributed by atoms with Crippen molar-refractivity contribution in [2.75, 3.05) is 13.1 Å². The minimum absolute atomic E-state index is 0.0355. The Kier molecular flexibility index (Phi) is 8.67. The largest absolute Gasteiger partial charge is 0.480 e. The van der Waals surface area contributed by atoms with Crippen molar-refractivity contribution in [1.82, 2.24) is 4.90 Å². The van der Waals surface area contributed by atoms with E-state index in [0.717, 1.165) is 0 Å². The van der Waals surface area contributed by atoms with E-state index in [0.29, 0.717) is 24.3 Å². The van der Waals surface area contributed by atoms with Crippen molar-refractivity contribution in [2.24, 2.45) is 10.8 Å². The number of nitrogens with zero attached hydrogens (tertiary/aromatic N) is 4. The quantitative estimate of drug-likeness (QED) is 0.298. The van der Waals surface area contributed by atoms with Gasteiger partial charge in [0.1, 0.15) is 18.2 Å². The van der Waals surface area contributed by atoms with Crippen LogP contribution in [0.1, 0.15) is 40.0 Å². The van der Waals surface area contributed by atoms with Crippen LogP contribution in [-0.4, -0.2) is 52.7 Å². The van der Waals surface area contributed by atoms with E-state index >= 15 is 0 Å². The molecule has 0 aliphatic rings. The Labute approximate surface area is 134 Å². The summed E-state index contributed by atoms with van der Waals surface area (Å²) in [5.41, 5.74) is 12.7. The van der Waals surface area contributed by atoms with Crippen LogP contribution in [0.15, 0.2) is 5.11 Å². The summed E-state index contributed by atoms with van der Waals surface area (Å²) >= 11 is 0. The summed E-state index contributed by atoms with van der Waals surface area (Å²) in [5, 5.41) is 12.4. The van der Waals surface area contributed by atoms with Crippen LogP contribution in [0.5, 0.6) is 0 Å². The average molecular weight is 329 g/mol. The zero-order valence-corrected chi connectivity index (χ0v) is 13.6. The van der Waals surface area contributed by atoms with Gasteiger partial charge in [-0.2, -0.15) is 0 Å². The minimum Gasteiger partial charge on any atom is -0.480 e. The second-order valence-electron chi connectivity index (χ2n) is 5.77. The first-order chi connectivity index (χ1) is 10.6. The standard InChI is InChI=1S/C13H23N5O5/c1-13(2,3)23-12(22)18(10(19)8-16-17-15)9(11(20)21)6-4-5-7-14/h9H,4-8,14H2,1-3H3,(H,20,21)/t9-/m0/s1. The van der Waals surface area contributed by atoms with E-state index in [1.807, 2.05) is 0 Å². The number of hydrogen-bond acceptors (Lipinski definition) is 6. The molecule has 0 fully saturated rings. The lowest BCUT2D eigenvalue weighted by molar-refractivity contribution is -0.149. The van der Waals surface area contributed by atoms with Gasteiger partial charge in [-0.1, -0.05) is 5.11 Å². The Balaban J connectivity index is 5.40. The van der Waals surface area contributed by atoms with E-state index in [1.54, 1.807) is 20.8 Å². The Morgan fingerprint density at radius 2 is 1.96 bits per heavy atom. The molecule has 2 amide bonds. The van der Waals surface area contributed by atoms with Crippen LogP contribution in [0.25, 0.3) is 10.4 Å². The van der Waals surface area contributed by atoms with Gasteiger partial charge in [-0.3, -0.25) is 4.79 Å². The molecular formula is C13H23N5O5. The highest BCUT2D eigenvalue weighted by Gasteiger charge is 2.36. The molecule has 0 radical (unpaired) electrons. The molecule has 0 heterocycles. The van der Waals surface area contributed by atoms with Gasteiger partial charge in [-0.15, -0.1) is 0 Å². The molecule has 0 aromatic rings. The van der Waals surface area contributed by atoms with Gasteiger partial charge in [0.25, 0.3) is 0 Å². The Morgan fingerprint density at radius 3 is 2.39 bits per heavy atom. The smallest absolute Gasteiger partial charge is 0.417 e. The van der Waals surface area contributed by atoms with E-state index in [9.17, 15) is 19.5 Å². The van der Waals surface area contributed by atoms with Crippen molar-refractivity contribution in [3.8, 4) is 0 Å². The van der Waals surface area contributed by atoms with Gasteiger partial charge < -0.3 is 15.6 Å². The molecule has 0 aliphatic heterocycles. The number of rotatable bonds is 8. The number of carboxylic acid groups (broad SMARTS) is 1. The molecule has 23 heavy (non-hydrogen) atoms. The van der Waals surface area contributed by atoms with E-state index in [4.69, 9.17) is 16.0 Å². The third kappa shape index (κ3) is 8.03. The van der Waals surface area contributed by atoms with Gasteiger partial charge in [0.15, 0.2) is 0 Å². The van der Waals surface area contributed by atoms with Gasteiger partial charge in [-0.05, 0) is 52.1 Å². The molecule has 0 aliphatic carbocycles. The highest BCUT2D eigenvalue weighted by Crippen LogP contribution is 2.16. The molecule has 10 nitrogen and oxygen atoms in total. The number of nitrogens with two attached hydrogens (primary N) is 1. The fraction of sp³-hybridized carbons (Fsp3) is 0.769. The number of imide groups is 1. The fourth-order valence-electron chi connectivity index (χ4n) is 1.73. The number of unbranched alkanes of at least 4 members (excludes halogenated alkanes) is 1. The average Bonchev–Trinajstić information content (AvgIpc) is 2.41. The molecule has 130 valence electrons. The SMILES string of the molecule is CC(C)(C)OC(=O)N(C(=O)CN=[N+]=[N-])[C@@H](CCCCN)C(=O)O. The Hall–Kier alpha value is -2.32. The second-order valence-corrected chi connectivity index (χ2v) is 5.77. The summed E-state index contributed by atoms with van der Waals surface area (Å²) in [6.45, 7) is 4.46. The van der Waals surface area contributed by atoms with Crippen molar-refractivity contribution in [3.63, 3.8) is 0 Å². The summed E-state index contributed by atoms with van der Waals surface area (Å²) in [6.07, 6.45) is -0.0815. The molecule has 10 heteroatoms.